The minimum Gasteiger partial charge on any atom is -0.325 e. The van der Waals surface area contributed by atoms with Gasteiger partial charge in [0, 0.05) is 5.69 Å². The zero-order valence-corrected chi connectivity index (χ0v) is 15.8. The Morgan fingerprint density at radius 1 is 1.12 bits per heavy atom. The van der Waals surface area contributed by atoms with Crippen molar-refractivity contribution in [2.24, 2.45) is 5.92 Å². The molecule has 0 spiro atoms. The minimum atomic E-state index is -4.17. The summed E-state index contributed by atoms with van der Waals surface area (Å²) in [7, 11) is -4.17. The SMILES string of the molecule is CCc1cccc(NC(=O)[C@H](NS(=O)(=O)c2ccccc2F)C(C)C)c1. The summed E-state index contributed by atoms with van der Waals surface area (Å²) in [4.78, 5) is 12.1. The Hall–Kier alpha value is -2.25. The molecule has 0 fully saturated rings. The van der Waals surface area contributed by atoms with Crippen LogP contribution in [0.25, 0.3) is 0 Å². The summed E-state index contributed by atoms with van der Waals surface area (Å²) in [5.41, 5.74) is 1.64. The molecular weight excluding hydrogens is 355 g/mol. The topological polar surface area (TPSA) is 75.3 Å². The molecule has 0 aliphatic heterocycles. The molecule has 140 valence electrons. The summed E-state index contributed by atoms with van der Waals surface area (Å²) in [6.07, 6.45) is 0.817. The maximum absolute atomic E-state index is 13.8. The fourth-order valence-electron chi connectivity index (χ4n) is 2.47. The van der Waals surface area contributed by atoms with Crippen LogP contribution in [-0.4, -0.2) is 20.4 Å². The second kappa shape index (κ2) is 8.42. The number of carbonyl (C=O) groups is 1. The molecular formula is C19H23FN2O3S. The fourth-order valence-corrected chi connectivity index (χ4v) is 3.90. The van der Waals surface area contributed by atoms with E-state index in [4.69, 9.17) is 0 Å². The van der Waals surface area contributed by atoms with E-state index in [-0.39, 0.29) is 5.92 Å². The Balaban J connectivity index is 2.22. The van der Waals surface area contributed by atoms with Gasteiger partial charge in [-0.25, -0.2) is 12.8 Å². The van der Waals surface area contributed by atoms with Crippen LogP contribution >= 0.6 is 0 Å². The Morgan fingerprint density at radius 3 is 2.42 bits per heavy atom. The third-order valence-corrected chi connectivity index (χ3v) is 5.43. The van der Waals surface area contributed by atoms with Gasteiger partial charge < -0.3 is 5.32 Å². The lowest BCUT2D eigenvalue weighted by molar-refractivity contribution is -0.118. The Morgan fingerprint density at radius 2 is 1.81 bits per heavy atom. The second-order valence-corrected chi connectivity index (χ2v) is 8.00. The lowest BCUT2D eigenvalue weighted by atomic mass is 10.0. The van der Waals surface area contributed by atoms with Crippen molar-refractivity contribution in [1.82, 2.24) is 4.72 Å². The predicted molar refractivity (Wildman–Crippen MR) is 99.8 cm³/mol. The molecule has 2 aromatic carbocycles. The van der Waals surface area contributed by atoms with Crippen LogP contribution in [0.3, 0.4) is 0 Å². The van der Waals surface area contributed by atoms with Gasteiger partial charge in [0.2, 0.25) is 15.9 Å². The molecule has 5 nitrogen and oxygen atoms in total. The van der Waals surface area contributed by atoms with E-state index in [1.807, 2.05) is 25.1 Å². The highest BCUT2D eigenvalue weighted by Gasteiger charge is 2.29. The summed E-state index contributed by atoms with van der Waals surface area (Å²) in [5.74, 6) is -1.68. The molecule has 0 bridgehead atoms. The lowest BCUT2D eigenvalue weighted by Crippen LogP contribution is -2.47. The summed E-state index contributed by atoms with van der Waals surface area (Å²) in [6, 6.07) is 11.4. The number of benzene rings is 2. The van der Waals surface area contributed by atoms with Crippen LogP contribution in [0, 0.1) is 11.7 Å². The lowest BCUT2D eigenvalue weighted by Gasteiger charge is -2.22. The van der Waals surface area contributed by atoms with Gasteiger partial charge in [0.1, 0.15) is 16.8 Å². The Bertz CT molecular complexity index is 882. The average molecular weight is 378 g/mol. The number of carbonyl (C=O) groups excluding carboxylic acids is 1. The first kappa shape index (κ1) is 20.1. The van der Waals surface area contributed by atoms with Crippen molar-refractivity contribution >= 4 is 21.6 Å². The van der Waals surface area contributed by atoms with Crippen molar-refractivity contribution in [3.63, 3.8) is 0 Å². The first-order valence-electron chi connectivity index (χ1n) is 8.41. The van der Waals surface area contributed by atoms with Crippen molar-refractivity contribution in [3.8, 4) is 0 Å². The Kier molecular flexibility index (Phi) is 6.50. The summed E-state index contributed by atoms with van der Waals surface area (Å²) in [5, 5.41) is 2.73. The number of rotatable bonds is 7. The number of hydrogen-bond donors (Lipinski definition) is 2. The minimum absolute atomic E-state index is 0.328. The van der Waals surface area contributed by atoms with Crippen LogP contribution in [0.2, 0.25) is 0 Å². The van der Waals surface area contributed by atoms with Gasteiger partial charge in [-0.05, 0) is 42.2 Å². The quantitative estimate of drug-likeness (QED) is 0.776. The van der Waals surface area contributed by atoms with Gasteiger partial charge in [0.05, 0.1) is 0 Å². The van der Waals surface area contributed by atoms with Gasteiger partial charge in [-0.1, -0.05) is 45.0 Å². The molecule has 0 aromatic heterocycles. The van der Waals surface area contributed by atoms with Crippen LogP contribution < -0.4 is 10.0 Å². The fraction of sp³-hybridized carbons (Fsp3) is 0.316. The van der Waals surface area contributed by atoms with Crippen LogP contribution in [0.5, 0.6) is 0 Å². The molecule has 7 heteroatoms. The van der Waals surface area contributed by atoms with Crippen LogP contribution in [-0.2, 0) is 21.2 Å². The summed E-state index contributed by atoms with van der Waals surface area (Å²) in [6.45, 7) is 5.44. The number of hydrogen-bond acceptors (Lipinski definition) is 3. The van der Waals surface area contributed by atoms with Gasteiger partial charge in [-0.3, -0.25) is 4.79 Å². The zero-order valence-electron chi connectivity index (χ0n) is 15.0. The van der Waals surface area contributed by atoms with E-state index in [1.165, 1.54) is 12.1 Å². The average Bonchev–Trinajstić information content (AvgIpc) is 2.59. The summed E-state index contributed by atoms with van der Waals surface area (Å²) >= 11 is 0. The molecule has 0 aliphatic carbocycles. The van der Waals surface area contributed by atoms with Crippen molar-refractivity contribution in [1.29, 1.82) is 0 Å². The Labute approximate surface area is 153 Å². The molecule has 1 atom stereocenters. The highest BCUT2D eigenvalue weighted by Crippen LogP contribution is 2.17. The van der Waals surface area contributed by atoms with Gasteiger partial charge in [0.25, 0.3) is 0 Å². The van der Waals surface area contributed by atoms with Gasteiger partial charge in [-0.2, -0.15) is 4.72 Å². The third-order valence-electron chi connectivity index (χ3n) is 3.96. The molecule has 1 amide bonds. The predicted octanol–water partition coefficient (Wildman–Crippen LogP) is 3.33. The molecule has 2 rings (SSSR count). The van der Waals surface area contributed by atoms with Gasteiger partial charge >= 0.3 is 0 Å². The molecule has 0 saturated heterocycles. The maximum Gasteiger partial charge on any atom is 0.244 e. The summed E-state index contributed by atoms with van der Waals surface area (Å²) < 4.78 is 41.2. The molecule has 0 aliphatic rings. The normalized spacial score (nSPS) is 12.8. The first-order valence-corrected chi connectivity index (χ1v) is 9.89. The van der Waals surface area contributed by atoms with Gasteiger partial charge in [-0.15, -0.1) is 0 Å². The molecule has 26 heavy (non-hydrogen) atoms. The molecule has 0 saturated carbocycles. The number of halogens is 1. The monoisotopic (exact) mass is 378 g/mol. The van der Waals surface area contributed by atoms with Crippen molar-refractivity contribution < 1.29 is 17.6 Å². The zero-order chi connectivity index (χ0) is 19.3. The maximum atomic E-state index is 13.8. The van der Waals surface area contributed by atoms with Crippen LogP contribution in [0.15, 0.2) is 53.4 Å². The van der Waals surface area contributed by atoms with E-state index in [2.05, 4.69) is 10.0 Å². The van der Waals surface area contributed by atoms with Crippen LogP contribution in [0.4, 0.5) is 10.1 Å². The third kappa shape index (κ3) is 4.89. The number of sulfonamides is 1. The smallest absolute Gasteiger partial charge is 0.244 e. The number of amides is 1. The highest BCUT2D eigenvalue weighted by atomic mass is 32.2. The van der Waals surface area contributed by atoms with Gasteiger partial charge in [0.15, 0.2) is 0 Å². The van der Waals surface area contributed by atoms with E-state index in [0.717, 1.165) is 24.1 Å². The second-order valence-electron chi connectivity index (χ2n) is 6.32. The van der Waals surface area contributed by atoms with Crippen molar-refractivity contribution in [2.75, 3.05) is 5.32 Å². The molecule has 2 N–H and O–H groups in total. The van der Waals surface area contributed by atoms with E-state index in [0.29, 0.717) is 5.69 Å². The largest absolute Gasteiger partial charge is 0.325 e. The molecule has 2 aromatic rings. The van der Waals surface area contributed by atoms with Crippen molar-refractivity contribution in [3.05, 3.63) is 59.9 Å². The number of anilines is 1. The number of nitrogens with one attached hydrogen (secondary N) is 2. The number of aryl methyl sites for hydroxylation is 1. The van der Waals surface area contributed by atoms with E-state index >= 15 is 0 Å². The van der Waals surface area contributed by atoms with Crippen molar-refractivity contribution in [2.45, 2.75) is 38.1 Å². The van der Waals surface area contributed by atoms with Crippen LogP contribution in [0.1, 0.15) is 26.3 Å². The first-order chi connectivity index (χ1) is 12.2. The van der Waals surface area contributed by atoms with E-state index in [9.17, 15) is 17.6 Å². The molecule has 0 radical (unpaired) electrons. The highest BCUT2D eigenvalue weighted by molar-refractivity contribution is 7.89. The van der Waals surface area contributed by atoms with E-state index < -0.39 is 32.7 Å². The molecule has 0 unspecified atom stereocenters. The standard InChI is InChI=1S/C19H23FN2O3S/c1-4-14-8-7-9-15(12-14)21-19(23)18(13(2)3)22-26(24,25)17-11-6-5-10-16(17)20/h5-13,18,22H,4H2,1-3H3,(H,21,23)/t18-/m1/s1. The van der Waals surface area contributed by atoms with E-state index in [1.54, 1.807) is 19.9 Å². The molecule has 0 heterocycles.